The van der Waals surface area contributed by atoms with Crippen molar-refractivity contribution in [1.29, 1.82) is 0 Å². The van der Waals surface area contributed by atoms with E-state index in [1.165, 1.54) is 12.1 Å². The summed E-state index contributed by atoms with van der Waals surface area (Å²) in [5, 5.41) is 3.11. The maximum Gasteiger partial charge on any atom is 0.307 e. The fourth-order valence-corrected chi connectivity index (χ4v) is 3.35. The average Bonchev–Trinajstić information content (AvgIpc) is 2.64. The van der Waals surface area contributed by atoms with E-state index in [-0.39, 0.29) is 17.9 Å². The molecule has 1 amide bonds. The van der Waals surface area contributed by atoms with Crippen molar-refractivity contribution in [3.05, 3.63) is 59.1 Å². The third-order valence-corrected chi connectivity index (χ3v) is 5.47. The SMILES string of the molecule is Cc1c(Cl)cccc1NC(=O)COC(=O)CCNS(=O)(=O)c1ccccc1. The van der Waals surface area contributed by atoms with Crippen LogP contribution >= 0.6 is 11.6 Å². The molecule has 0 unspecified atom stereocenters. The number of amides is 1. The molecule has 0 spiro atoms. The summed E-state index contributed by atoms with van der Waals surface area (Å²) in [5.41, 5.74) is 1.23. The Hall–Kier alpha value is -2.42. The molecule has 0 aliphatic heterocycles. The third-order valence-electron chi connectivity index (χ3n) is 3.58. The number of anilines is 1. The van der Waals surface area contributed by atoms with Crippen LogP contribution in [0.15, 0.2) is 53.4 Å². The van der Waals surface area contributed by atoms with Crippen molar-refractivity contribution < 1.29 is 22.7 Å². The zero-order valence-electron chi connectivity index (χ0n) is 14.6. The molecule has 2 rings (SSSR count). The van der Waals surface area contributed by atoms with Crippen molar-refractivity contribution in [2.45, 2.75) is 18.2 Å². The fourth-order valence-electron chi connectivity index (χ4n) is 2.12. The topological polar surface area (TPSA) is 102 Å². The van der Waals surface area contributed by atoms with Crippen LogP contribution in [0.2, 0.25) is 5.02 Å². The second-order valence-corrected chi connectivity index (χ2v) is 7.76. The normalized spacial score (nSPS) is 11.0. The van der Waals surface area contributed by atoms with Gasteiger partial charge in [0.25, 0.3) is 5.91 Å². The van der Waals surface area contributed by atoms with Gasteiger partial charge in [0.2, 0.25) is 10.0 Å². The molecule has 0 aliphatic rings. The van der Waals surface area contributed by atoms with Crippen LogP contribution in [0.25, 0.3) is 0 Å². The lowest BCUT2D eigenvalue weighted by molar-refractivity contribution is -0.147. The highest BCUT2D eigenvalue weighted by molar-refractivity contribution is 7.89. The maximum absolute atomic E-state index is 12.0. The van der Waals surface area contributed by atoms with Gasteiger partial charge < -0.3 is 10.1 Å². The second kappa shape index (κ2) is 9.50. The molecule has 27 heavy (non-hydrogen) atoms. The number of hydrogen-bond acceptors (Lipinski definition) is 5. The molecule has 7 nitrogen and oxygen atoms in total. The van der Waals surface area contributed by atoms with E-state index < -0.39 is 28.5 Å². The number of ether oxygens (including phenoxy) is 1. The zero-order chi connectivity index (χ0) is 19.9. The first-order valence-corrected chi connectivity index (χ1v) is 9.91. The smallest absolute Gasteiger partial charge is 0.307 e. The Bertz CT molecular complexity index is 917. The van der Waals surface area contributed by atoms with E-state index in [9.17, 15) is 18.0 Å². The Morgan fingerprint density at radius 3 is 2.48 bits per heavy atom. The summed E-state index contributed by atoms with van der Waals surface area (Å²) in [6.45, 7) is 1.14. The van der Waals surface area contributed by atoms with Crippen molar-refractivity contribution >= 4 is 39.2 Å². The van der Waals surface area contributed by atoms with Crippen LogP contribution in [0.3, 0.4) is 0 Å². The van der Waals surface area contributed by atoms with Crippen molar-refractivity contribution in [3.63, 3.8) is 0 Å². The summed E-state index contributed by atoms with van der Waals surface area (Å²) < 4.78 is 31.2. The van der Waals surface area contributed by atoms with Gasteiger partial charge in [-0.05, 0) is 36.8 Å². The van der Waals surface area contributed by atoms with Crippen LogP contribution in [-0.2, 0) is 24.3 Å². The minimum Gasteiger partial charge on any atom is -0.456 e. The zero-order valence-corrected chi connectivity index (χ0v) is 16.1. The molecule has 0 aliphatic carbocycles. The van der Waals surface area contributed by atoms with E-state index in [4.69, 9.17) is 16.3 Å². The Morgan fingerprint density at radius 1 is 1.07 bits per heavy atom. The highest BCUT2D eigenvalue weighted by atomic mass is 35.5. The Balaban J connectivity index is 1.74. The van der Waals surface area contributed by atoms with Gasteiger partial charge in [-0.1, -0.05) is 35.9 Å². The highest BCUT2D eigenvalue weighted by Gasteiger charge is 2.14. The quantitative estimate of drug-likeness (QED) is 0.651. The molecule has 0 radical (unpaired) electrons. The Labute approximate surface area is 162 Å². The molecule has 144 valence electrons. The fraction of sp³-hybridized carbons (Fsp3) is 0.222. The van der Waals surface area contributed by atoms with Crippen molar-refractivity contribution in [2.75, 3.05) is 18.5 Å². The summed E-state index contributed by atoms with van der Waals surface area (Å²) in [6.07, 6.45) is -0.199. The summed E-state index contributed by atoms with van der Waals surface area (Å²) in [5.74, 6) is -1.21. The lowest BCUT2D eigenvalue weighted by atomic mass is 10.2. The molecule has 0 bridgehead atoms. The molecule has 0 aromatic heterocycles. The minimum atomic E-state index is -3.69. The Kier molecular flexibility index (Phi) is 7.35. The number of rotatable bonds is 8. The van der Waals surface area contributed by atoms with Gasteiger partial charge in [-0.2, -0.15) is 0 Å². The van der Waals surface area contributed by atoms with E-state index in [0.717, 1.165) is 0 Å². The summed E-state index contributed by atoms with van der Waals surface area (Å²) >= 11 is 5.97. The largest absolute Gasteiger partial charge is 0.456 e. The molecule has 0 atom stereocenters. The first kappa shape index (κ1) is 20.9. The number of nitrogens with one attached hydrogen (secondary N) is 2. The first-order valence-electron chi connectivity index (χ1n) is 8.05. The van der Waals surface area contributed by atoms with Crippen molar-refractivity contribution in [2.24, 2.45) is 0 Å². The van der Waals surface area contributed by atoms with Crippen molar-refractivity contribution in [3.8, 4) is 0 Å². The lowest BCUT2D eigenvalue weighted by Crippen LogP contribution is -2.28. The summed E-state index contributed by atoms with van der Waals surface area (Å²) in [7, 11) is -3.69. The average molecular weight is 411 g/mol. The minimum absolute atomic E-state index is 0.106. The van der Waals surface area contributed by atoms with E-state index in [2.05, 4.69) is 10.0 Å². The van der Waals surface area contributed by atoms with Crippen LogP contribution < -0.4 is 10.0 Å². The van der Waals surface area contributed by atoms with Crippen molar-refractivity contribution in [1.82, 2.24) is 4.72 Å². The molecule has 0 saturated carbocycles. The predicted octanol–water partition coefficient (Wildman–Crippen LogP) is 2.50. The van der Waals surface area contributed by atoms with E-state index in [1.807, 2.05) is 0 Å². The van der Waals surface area contributed by atoms with E-state index in [0.29, 0.717) is 16.3 Å². The number of benzene rings is 2. The molecule has 0 heterocycles. The number of carbonyl (C=O) groups excluding carboxylic acids is 2. The highest BCUT2D eigenvalue weighted by Crippen LogP contribution is 2.22. The van der Waals surface area contributed by atoms with E-state index in [1.54, 1.807) is 43.3 Å². The van der Waals surface area contributed by atoms with Gasteiger partial charge in [-0.3, -0.25) is 9.59 Å². The summed E-state index contributed by atoms with van der Waals surface area (Å²) in [6, 6.07) is 12.9. The van der Waals surface area contributed by atoms with Crippen LogP contribution in [0.4, 0.5) is 5.69 Å². The lowest BCUT2D eigenvalue weighted by Gasteiger charge is -2.10. The second-order valence-electron chi connectivity index (χ2n) is 5.58. The molecule has 2 aromatic rings. The van der Waals surface area contributed by atoms with Gasteiger partial charge in [0, 0.05) is 17.3 Å². The summed E-state index contributed by atoms with van der Waals surface area (Å²) in [4.78, 5) is 23.6. The molecule has 9 heteroatoms. The molecule has 2 aromatic carbocycles. The molecular formula is C18H19ClN2O5S. The number of hydrogen-bond donors (Lipinski definition) is 2. The molecular weight excluding hydrogens is 392 g/mol. The van der Waals surface area contributed by atoms with Crippen LogP contribution in [0, 0.1) is 6.92 Å². The van der Waals surface area contributed by atoms with Gasteiger partial charge in [0.05, 0.1) is 11.3 Å². The van der Waals surface area contributed by atoms with Gasteiger partial charge in [0.1, 0.15) is 0 Å². The van der Waals surface area contributed by atoms with Gasteiger partial charge in [-0.15, -0.1) is 0 Å². The number of carbonyl (C=O) groups is 2. The van der Waals surface area contributed by atoms with Crippen LogP contribution in [0.5, 0.6) is 0 Å². The van der Waals surface area contributed by atoms with Gasteiger partial charge in [-0.25, -0.2) is 13.1 Å². The number of sulfonamides is 1. The molecule has 0 fully saturated rings. The number of esters is 1. The maximum atomic E-state index is 12.0. The standard InChI is InChI=1S/C18H19ClN2O5S/c1-13-15(19)8-5-9-16(13)21-17(22)12-26-18(23)10-11-20-27(24,25)14-6-3-2-4-7-14/h2-9,20H,10-12H2,1H3,(H,21,22). The molecule has 2 N–H and O–H groups in total. The van der Waals surface area contributed by atoms with Crippen LogP contribution in [0.1, 0.15) is 12.0 Å². The molecule has 0 saturated heterocycles. The van der Waals surface area contributed by atoms with Gasteiger partial charge >= 0.3 is 5.97 Å². The third kappa shape index (κ3) is 6.35. The first-order chi connectivity index (χ1) is 12.8. The Morgan fingerprint density at radius 2 is 1.78 bits per heavy atom. The predicted molar refractivity (Wildman–Crippen MR) is 102 cm³/mol. The number of halogens is 1. The monoisotopic (exact) mass is 410 g/mol. The van der Waals surface area contributed by atoms with Crippen LogP contribution in [-0.4, -0.2) is 33.4 Å². The van der Waals surface area contributed by atoms with Gasteiger partial charge in [0.15, 0.2) is 6.61 Å². The van der Waals surface area contributed by atoms with E-state index >= 15 is 0 Å².